The lowest BCUT2D eigenvalue weighted by atomic mass is 9.87. The molecule has 7 heteroatoms. The third-order valence-electron chi connectivity index (χ3n) is 6.53. The zero-order valence-corrected chi connectivity index (χ0v) is 20.3. The monoisotopic (exact) mass is 466 g/mol. The molecule has 1 aliphatic rings. The quantitative estimate of drug-likeness (QED) is 0.537. The number of carboxylic acid groups (broad SMARTS) is 1. The van der Waals surface area contributed by atoms with E-state index in [2.05, 4.69) is 29.6 Å². The first-order chi connectivity index (χ1) is 16.2. The van der Waals surface area contributed by atoms with E-state index in [1.807, 2.05) is 45.0 Å². The number of amides is 2. The first kappa shape index (κ1) is 25.3. The van der Waals surface area contributed by atoms with Gasteiger partial charge < -0.3 is 20.1 Å². The molecule has 0 saturated carbocycles. The summed E-state index contributed by atoms with van der Waals surface area (Å²) >= 11 is 0. The zero-order valence-electron chi connectivity index (χ0n) is 20.3. The first-order valence-corrected chi connectivity index (χ1v) is 11.8. The molecule has 3 rings (SSSR count). The topological polar surface area (TPSA) is 95.9 Å². The number of hydrogen-bond donors (Lipinski definition) is 2. The van der Waals surface area contributed by atoms with Gasteiger partial charge in [-0.1, -0.05) is 69.3 Å². The van der Waals surface area contributed by atoms with Crippen LogP contribution in [-0.4, -0.2) is 54.2 Å². The average Bonchev–Trinajstić information content (AvgIpc) is 3.14. The lowest BCUT2D eigenvalue weighted by molar-refractivity contribution is -0.145. The minimum Gasteiger partial charge on any atom is -0.481 e. The van der Waals surface area contributed by atoms with Gasteiger partial charge in [-0.15, -0.1) is 0 Å². The van der Waals surface area contributed by atoms with Crippen LogP contribution in [0, 0.1) is 11.3 Å². The third-order valence-corrected chi connectivity index (χ3v) is 6.53. The Labute approximate surface area is 201 Å². The Morgan fingerprint density at radius 2 is 1.62 bits per heavy atom. The number of hydrogen-bond acceptors (Lipinski definition) is 4. The van der Waals surface area contributed by atoms with Crippen LogP contribution < -0.4 is 5.32 Å². The highest BCUT2D eigenvalue weighted by Gasteiger charge is 2.33. The van der Waals surface area contributed by atoms with Crippen LogP contribution in [0.1, 0.15) is 51.2 Å². The molecule has 0 radical (unpaired) electrons. The summed E-state index contributed by atoms with van der Waals surface area (Å²) in [6, 6.07) is 16.3. The van der Waals surface area contributed by atoms with Crippen LogP contribution in [0.25, 0.3) is 11.1 Å². The molecule has 7 nitrogen and oxygen atoms in total. The minimum atomic E-state index is -0.930. The molecule has 0 saturated heterocycles. The highest BCUT2D eigenvalue weighted by molar-refractivity contribution is 5.83. The maximum Gasteiger partial charge on any atom is 0.407 e. The number of aliphatic carboxylic acids is 1. The molecule has 2 aromatic carbocycles. The molecule has 0 aromatic heterocycles. The van der Waals surface area contributed by atoms with Crippen molar-refractivity contribution in [3.63, 3.8) is 0 Å². The van der Waals surface area contributed by atoms with Crippen molar-refractivity contribution in [2.75, 3.05) is 26.2 Å². The fourth-order valence-electron chi connectivity index (χ4n) is 4.43. The minimum absolute atomic E-state index is 0.00879. The summed E-state index contributed by atoms with van der Waals surface area (Å²) in [5.74, 6) is -1.71. The van der Waals surface area contributed by atoms with Gasteiger partial charge in [0.05, 0.1) is 5.92 Å². The van der Waals surface area contributed by atoms with E-state index in [4.69, 9.17) is 9.84 Å². The second-order valence-electron chi connectivity index (χ2n) is 9.47. The Hall–Kier alpha value is -3.35. The molecule has 0 heterocycles. The van der Waals surface area contributed by atoms with Gasteiger partial charge in [0.25, 0.3) is 0 Å². The van der Waals surface area contributed by atoms with Crippen LogP contribution in [0.15, 0.2) is 48.5 Å². The highest BCUT2D eigenvalue weighted by atomic mass is 16.5. The van der Waals surface area contributed by atoms with Gasteiger partial charge in [0, 0.05) is 31.0 Å². The fraction of sp³-hybridized carbons (Fsp3) is 0.444. The van der Waals surface area contributed by atoms with Crippen molar-refractivity contribution in [1.82, 2.24) is 10.2 Å². The molecule has 0 spiro atoms. The van der Waals surface area contributed by atoms with Gasteiger partial charge in [-0.25, -0.2) is 4.79 Å². The summed E-state index contributed by atoms with van der Waals surface area (Å²) in [5.41, 5.74) is 3.90. The van der Waals surface area contributed by atoms with Crippen molar-refractivity contribution >= 4 is 18.0 Å². The Morgan fingerprint density at radius 3 is 2.15 bits per heavy atom. The third kappa shape index (κ3) is 5.58. The molecule has 1 unspecified atom stereocenters. The highest BCUT2D eigenvalue weighted by Crippen LogP contribution is 2.44. The lowest BCUT2D eigenvalue weighted by Crippen LogP contribution is -2.45. The number of ether oxygens (including phenoxy) is 1. The Balaban J connectivity index is 1.52. The van der Waals surface area contributed by atoms with Crippen molar-refractivity contribution in [1.29, 1.82) is 0 Å². The standard InChI is InChI=1S/C27H34N2O5/c1-5-29(16-18(2)24(30)31)25(32)27(3,4)14-15-28-26(33)34-17-23-21-12-8-6-10-19(21)20-11-7-9-13-22(20)23/h6-13,18,23H,5,14-17H2,1-4H3,(H,28,33)(H,30,31). The summed E-state index contributed by atoms with van der Waals surface area (Å²) in [6.45, 7) is 8.14. The summed E-state index contributed by atoms with van der Waals surface area (Å²) in [4.78, 5) is 38.1. The van der Waals surface area contributed by atoms with Gasteiger partial charge >= 0.3 is 12.1 Å². The van der Waals surface area contributed by atoms with Crippen molar-refractivity contribution in [2.24, 2.45) is 11.3 Å². The van der Waals surface area contributed by atoms with Crippen LogP contribution in [0.2, 0.25) is 0 Å². The van der Waals surface area contributed by atoms with Crippen LogP contribution in [0.4, 0.5) is 4.79 Å². The Kier molecular flexibility index (Phi) is 7.97. The van der Waals surface area contributed by atoms with Gasteiger partial charge in [-0.3, -0.25) is 9.59 Å². The first-order valence-electron chi connectivity index (χ1n) is 11.8. The molecule has 2 aromatic rings. The SMILES string of the molecule is CCN(CC(C)C(=O)O)C(=O)C(C)(C)CCNC(=O)OCC1c2ccccc2-c2ccccc21. The van der Waals surface area contributed by atoms with Gasteiger partial charge in [-0.05, 0) is 35.6 Å². The fourth-order valence-corrected chi connectivity index (χ4v) is 4.43. The average molecular weight is 467 g/mol. The van der Waals surface area contributed by atoms with Crippen molar-refractivity contribution in [3.05, 3.63) is 59.7 Å². The van der Waals surface area contributed by atoms with Gasteiger partial charge in [0.15, 0.2) is 0 Å². The number of alkyl carbamates (subject to hydrolysis) is 1. The summed E-state index contributed by atoms with van der Waals surface area (Å²) < 4.78 is 5.55. The number of fused-ring (bicyclic) bond motifs is 3. The maximum absolute atomic E-state index is 13.0. The zero-order chi connectivity index (χ0) is 24.9. The van der Waals surface area contributed by atoms with E-state index >= 15 is 0 Å². The summed E-state index contributed by atoms with van der Waals surface area (Å²) in [7, 11) is 0. The molecule has 0 aliphatic heterocycles. The summed E-state index contributed by atoms with van der Waals surface area (Å²) in [6.07, 6.45) is -0.106. The normalized spacial score (nSPS) is 13.5. The molecule has 0 bridgehead atoms. The van der Waals surface area contributed by atoms with Crippen molar-refractivity contribution in [3.8, 4) is 11.1 Å². The summed E-state index contributed by atoms with van der Waals surface area (Å²) in [5, 5.41) is 11.9. The van der Waals surface area contributed by atoms with E-state index < -0.39 is 23.4 Å². The Morgan fingerprint density at radius 1 is 1.06 bits per heavy atom. The van der Waals surface area contributed by atoms with Gasteiger partial charge in [0.1, 0.15) is 6.61 Å². The largest absolute Gasteiger partial charge is 0.481 e. The van der Waals surface area contributed by atoms with E-state index in [1.165, 1.54) is 11.1 Å². The molecule has 34 heavy (non-hydrogen) atoms. The van der Waals surface area contributed by atoms with Crippen LogP contribution in [-0.2, 0) is 14.3 Å². The molecule has 0 fully saturated rings. The lowest BCUT2D eigenvalue weighted by Gasteiger charge is -2.32. The second kappa shape index (κ2) is 10.7. The molecule has 1 atom stereocenters. The number of carbonyl (C=O) groups excluding carboxylic acids is 2. The predicted octanol–water partition coefficient (Wildman–Crippen LogP) is 4.51. The molecule has 2 N–H and O–H groups in total. The maximum atomic E-state index is 13.0. The van der Waals surface area contributed by atoms with E-state index in [0.717, 1.165) is 11.1 Å². The molecule has 182 valence electrons. The molecule has 2 amide bonds. The van der Waals surface area contributed by atoms with Crippen molar-refractivity contribution < 1.29 is 24.2 Å². The van der Waals surface area contributed by atoms with Crippen LogP contribution in [0.5, 0.6) is 0 Å². The number of nitrogens with one attached hydrogen (secondary N) is 1. The number of carbonyl (C=O) groups is 3. The van der Waals surface area contributed by atoms with Crippen molar-refractivity contribution in [2.45, 2.75) is 40.0 Å². The Bertz CT molecular complexity index is 1000. The van der Waals surface area contributed by atoms with Gasteiger partial charge in [0.2, 0.25) is 5.91 Å². The van der Waals surface area contributed by atoms with E-state index in [0.29, 0.717) is 13.0 Å². The molecule has 1 aliphatic carbocycles. The number of rotatable bonds is 10. The number of carboxylic acids is 1. The second-order valence-corrected chi connectivity index (χ2v) is 9.47. The van der Waals surface area contributed by atoms with E-state index in [-0.39, 0.29) is 31.5 Å². The molecular formula is C27H34N2O5. The number of benzene rings is 2. The molecular weight excluding hydrogens is 432 g/mol. The predicted molar refractivity (Wildman–Crippen MR) is 131 cm³/mol. The number of nitrogens with zero attached hydrogens (tertiary/aromatic N) is 1. The van der Waals surface area contributed by atoms with Crippen LogP contribution >= 0.6 is 0 Å². The van der Waals surface area contributed by atoms with E-state index in [9.17, 15) is 14.4 Å². The smallest absolute Gasteiger partial charge is 0.407 e. The van der Waals surface area contributed by atoms with Crippen LogP contribution in [0.3, 0.4) is 0 Å². The van der Waals surface area contributed by atoms with Gasteiger partial charge in [-0.2, -0.15) is 0 Å². The van der Waals surface area contributed by atoms with E-state index in [1.54, 1.807) is 11.8 Å².